The van der Waals surface area contributed by atoms with E-state index in [0.29, 0.717) is 17.5 Å². The largest absolute Gasteiger partial charge is 0.507 e. The van der Waals surface area contributed by atoms with E-state index in [0.717, 1.165) is 12.6 Å². The number of hydrogen-bond acceptors (Lipinski definition) is 9. The molecule has 1 amide bonds. The van der Waals surface area contributed by atoms with E-state index in [1.807, 2.05) is 19.0 Å². The second-order valence-corrected chi connectivity index (χ2v) is 8.71. The van der Waals surface area contributed by atoms with Crippen molar-refractivity contribution in [2.75, 3.05) is 19.0 Å². The maximum Gasteiger partial charge on any atom is 0.308 e. The fraction of sp³-hybridized carbons (Fsp3) is 0.280. The number of fused-ring (bicyclic) bond motifs is 3. The van der Waals surface area contributed by atoms with E-state index in [1.165, 1.54) is 13.0 Å². The number of Topliss-reactive ketones (excluding diaryl/α,β-unsaturated/α-hetero) is 1. The number of anilines is 1. The zero-order valence-electron chi connectivity index (χ0n) is 19.6. The number of aliphatic hydroxyl groups excluding tert-OH is 1. The predicted octanol–water partition coefficient (Wildman–Crippen LogP) is 2.29. The van der Waals surface area contributed by atoms with Crippen LogP contribution in [0.3, 0.4) is 0 Å². The molecule has 4 N–H and O–H groups in total. The van der Waals surface area contributed by atoms with Crippen LogP contribution < -0.4 is 20.1 Å². The van der Waals surface area contributed by atoms with Gasteiger partial charge in [-0.3, -0.25) is 19.2 Å². The lowest BCUT2D eigenvalue weighted by Gasteiger charge is -2.34. The van der Waals surface area contributed by atoms with Crippen molar-refractivity contribution < 1.29 is 38.9 Å². The summed E-state index contributed by atoms with van der Waals surface area (Å²) in [6.45, 7) is 2.36. The summed E-state index contributed by atoms with van der Waals surface area (Å²) in [7, 11) is 3.65. The van der Waals surface area contributed by atoms with Crippen LogP contribution in [-0.4, -0.2) is 47.9 Å². The summed E-state index contributed by atoms with van der Waals surface area (Å²) in [6.07, 6.45) is 0.523. The van der Waals surface area contributed by atoms with Gasteiger partial charge in [0.2, 0.25) is 0 Å². The Kier molecular flexibility index (Phi) is 5.75. The first-order chi connectivity index (χ1) is 16.4. The lowest BCUT2D eigenvalue weighted by atomic mass is 9.70. The average Bonchev–Trinajstić information content (AvgIpc) is 2.71. The Bertz CT molecular complexity index is 1360. The number of ketones is 1. The van der Waals surface area contributed by atoms with Gasteiger partial charge in [-0.2, -0.15) is 0 Å². The van der Waals surface area contributed by atoms with Gasteiger partial charge in [-0.15, -0.1) is 0 Å². The molecule has 2 aliphatic rings. The molecule has 0 aromatic heterocycles. The second-order valence-electron chi connectivity index (χ2n) is 8.71. The van der Waals surface area contributed by atoms with Crippen molar-refractivity contribution >= 4 is 35.1 Å². The molecule has 0 aliphatic heterocycles. The number of nitrogens with zero attached hydrogens (tertiary/aromatic N) is 1. The zero-order valence-corrected chi connectivity index (χ0v) is 19.6. The van der Waals surface area contributed by atoms with Crippen molar-refractivity contribution in [2.24, 2.45) is 11.7 Å². The number of carbonyl (C=O) groups is 4. The van der Waals surface area contributed by atoms with Crippen LogP contribution in [0.2, 0.25) is 0 Å². The van der Waals surface area contributed by atoms with E-state index < -0.39 is 40.9 Å². The molecule has 10 heteroatoms. The molecule has 0 saturated heterocycles. The average molecular weight is 480 g/mol. The van der Waals surface area contributed by atoms with Crippen LogP contribution in [0.4, 0.5) is 5.69 Å². The Morgan fingerprint density at radius 1 is 1.00 bits per heavy atom. The molecule has 0 fully saturated rings. The quantitative estimate of drug-likeness (QED) is 0.441. The first-order valence-electron chi connectivity index (χ1n) is 10.8. The summed E-state index contributed by atoms with van der Waals surface area (Å²) >= 11 is 0. The molecule has 2 aliphatic carbocycles. The van der Waals surface area contributed by atoms with E-state index in [1.54, 1.807) is 12.1 Å². The number of benzene rings is 2. The standard InChI is InChI=1S/C25H24N2O8/c1-10(28)34-16-6-5-15(27(3)4)14-8-12-7-13-9-17(35-11(2)29)21(25(26)33)24(32)19(13)22(30)18(12)23(31)20(14)16/h5-6,9,12,31-32H,7-8H2,1-4H3,(H2,26,33)/t12-/m1/s1. The van der Waals surface area contributed by atoms with Gasteiger partial charge in [-0.25, -0.2) is 0 Å². The molecule has 182 valence electrons. The van der Waals surface area contributed by atoms with Crippen LogP contribution in [0.5, 0.6) is 17.2 Å². The summed E-state index contributed by atoms with van der Waals surface area (Å²) in [5, 5.41) is 22.1. The summed E-state index contributed by atoms with van der Waals surface area (Å²) in [6, 6.07) is 4.65. The number of phenols is 1. The second kappa shape index (κ2) is 8.46. The number of nitrogens with two attached hydrogens (primary N) is 1. The Morgan fingerprint density at radius 3 is 2.20 bits per heavy atom. The number of aromatic hydroxyl groups is 1. The number of rotatable bonds is 4. The van der Waals surface area contributed by atoms with Crippen molar-refractivity contribution in [3.05, 3.63) is 51.6 Å². The van der Waals surface area contributed by atoms with Crippen LogP contribution in [0.1, 0.15) is 51.3 Å². The summed E-state index contributed by atoms with van der Waals surface area (Å²) < 4.78 is 10.4. The molecule has 0 bridgehead atoms. The SMILES string of the molecule is CC(=O)Oc1cc2c(c(O)c1C(N)=O)C(=O)C1=C(O)c3c(OC(C)=O)ccc(N(C)C)c3C[C@H]1C2. The van der Waals surface area contributed by atoms with Gasteiger partial charge >= 0.3 is 11.9 Å². The number of allylic oxidation sites excluding steroid dienone is 1. The first-order valence-corrected chi connectivity index (χ1v) is 10.8. The highest BCUT2D eigenvalue weighted by Gasteiger charge is 2.42. The molecule has 0 unspecified atom stereocenters. The molecular formula is C25H24N2O8. The monoisotopic (exact) mass is 480 g/mol. The molecule has 0 heterocycles. The predicted molar refractivity (Wildman–Crippen MR) is 125 cm³/mol. The summed E-state index contributed by atoms with van der Waals surface area (Å²) in [5.74, 6) is -4.81. The van der Waals surface area contributed by atoms with Crippen LogP contribution in [-0.2, 0) is 22.4 Å². The molecule has 35 heavy (non-hydrogen) atoms. The molecule has 0 saturated carbocycles. The van der Waals surface area contributed by atoms with E-state index in [-0.39, 0.29) is 40.4 Å². The number of esters is 2. The first kappa shape index (κ1) is 23.8. The van der Waals surface area contributed by atoms with Crippen molar-refractivity contribution in [1.29, 1.82) is 0 Å². The topological polar surface area (TPSA) is 156 Å². The van der Waals surface area contributed by atoms with Gasteiger partial charge in [0, 0.05) is 39.2 Å². The van der Waals surface area contributed by atoms with Crippen molar-refractivity contribution in [3.63, 3.8) is 0 Å². The van der Waals surface area contributed by atoms with Gasteiger partial charge in [-0.1, -0.05) is 0 Å². The van der Waals surface area contributed by atoms with Crippen molar-refractivity contribution in [3.8, 4) is 17.2 Å². The van der Waals surface area contributed by atoms with Crippen LogP contribution in [0, 0.1) is 5.92 Å². The molecule has 10 nitrogen and oxygen atoms in total. The highest BCUT2D eigenvalue weighted by molar-refractivity contribution is 6.18. The van der Waals surface area contributed by atoms with Crippen molar-refractivity contribution in [1.82, 2.24) is 0 Å². The molecule has 0 spiro atoms. The zero-order chi connectivity index (χ0) is 25.8. The van der Waals surface area contributed by atoms with E-state index in [9.17, 15) is 29.4 Å². The lowest BCUT2D eigenvalue weighted by Crippen LogP contribution is -2.31. The minimum atomic E-state index is -1.09. The maximum atomic E-state index is 13.6. The number of ether oxygens (including phenoxy) is 2. The molecule has 4 rings (SSSR count). The van der Waals surface area contributed by atoms with Gasteiger partial charge in [0.15, 0.2) is 5.78 Å². The van der Waals surface area contributed by atoms with Gasteiger partial charge < -0.3 is 30.3 Å². The van der Waals surface area contributed by atoms with Gasteiger partial charge in [0.25, 0.3) is 5.91 Å². The maximum absolute atomic E-state index is 13.6. The minimum Gasteiger partial charge on any atom is -0.507 e. The van der Waals surface area contributed by atoms with Crippen LogP contribution in [0.25, 0.3) is 5.76 Å². The molecule has 0 radical (unpaired) electrons. The van der Waals surface area contributed by atoms with E-state index in [4.69, 9.17) is 15.2 Å². The number of hydrogen-bond donors (Lipinski definition) is 3. The number of amides is 1. The van der Waals surface area contributed by atoms with Gasteiger partial charge in [0.1, 0.15) is 28.6 Å². The van der Waals surface area contributed by atoms with Crippen LogP contribution in [0.15, 0.2) is 23.8 Å². The smallest absolute Gasteiger partial charge is 0.308 e. The summed E-state index contributed by atoms with van der Waals surface area (Å²) in [5.41, 5.74) is 6.74. The normalized spacial score (nSPS) is 16.1. The van der Waals surface area contributed by atoms with Crippen LogP contribution >= 0.6 is 0 Å². The molecule has 1 atom stereocenters. The third-order valence-corrected chi connectivity index (χ3v) is 6.12. The third kappa shape index (κ3) is 3.86. The Balaban J connectivity index is 1.97. The van der Waals surface area contributed by atoms with Crippen molar-refractivity contribution in [2.45, 2.75) is 26.7 Å². The molecule has 2 aromatic carbocycles. The van der Waals surface area contributed by atoms with Gasteiger partial charge in [-0.05, 0) is 48.1 Å². The molecular weight excluding hydrogens is 456 g/mol. The summed E-state index contributed by atoms with van der Waals surface area (Å²) in [4.78, 5) is 50.7. The minimum absolute atomic E-state index is 0.0280. The fourth-order valence-electron chi connectivity index (χ4n) is 4.87. The fourth-order valence-corrected chi connectivity index (χ4v) is 4.87. The highest BCUT2D eigenvalue weighted by Crippen LogP contribution is 2.49. The lowest BCUT2D eigenvalue weighted by molar-refractivity contribution is -0.132. The number of carbonyl (C=O) groups excluding carboxylic acids is 4. The number of aliphatic hydroxyl groups is 1. The number of primary amides is 1. The van der Waals surface area contributed by atoms with Gasteiger partial charge in [0.05, 0.1) is 11.1 Å². The Morgan fingerprint density at radius 2 is 1.63 bits per heavy atom. The van der Waals surface area contributed by atoms with E-state index in [2.05, 4.69) is 0 Å². The molecule has 2 aromatic rings. The third-order valence-electron chi connectivity index (χ3n) is 6.12. The Hall–Kier alpha value is -4.34. The van der Waals surface area contributed by atoms with E-state index >= 15 is 0 Å². The highest BCUT2D eigenvalue weighted by atomic mass is 16.5. The Labute approximate surface area is 200 Å².